The van der Waals surface area contributed by atoms with Crippen LogP contribution in [-0.2, 0) is 6.18 Å². The molecule has 0 aliphatic rings. The van der Waals surface area contributed by atoms with Crippen molar-refractivity contribution >= 4 is 27.7 Å². The number of hydrogen-bond acceptors (Lipinski definition) is 2. The number of alkyl halides is 3. The van der Waals surface area contributed by atoms with Gasteiger partial charge >= 0.3 is 6.18 Å². The van der Waals surface area contributed by atoms with Crippen molar-refractivity contribution in [2.75, 3.05) is 0 Å². The van der Waals surface area contributed by atoms with Gasteiger partial charge in [-0.15, -0.1) is 0 Å². The number of carbonyl (C=O) groups excluding carboxylic acids is 1. The third-order valence-electron chi connectivity index (χ3n) is 4.43. The zero-order valence-electron chi connectivity index (χ0n) is 13.7. The third-order valence-corrected chi connectivity index (χ3v) is 4.43. The van der Waals surface area contributed by atoms with Gasteiger partial charge in [0, 0.05) is 34.4 Å². The number of halogens is 3. The van der Waals surface area contributed by atoms with Crippen molar-refractivity contribution in [2.45, 2.75) is 6.18 Å². The molecular weight excluding hydrogens is 359 g/mol. The average molecular weight is 371 g/mol. The number of nitrogens with zero attached hydrogens (tertiary/aromatic N) is 1. The van der Waals surface area contributed by atoms with Crippen molar-refractivity contribution in [3.63, 3.8) is 0 Å². The molecule has 136 valence electrons. The van der Waals surface area contributed by atoms with Crippen molar-refractivity contribution in [2.24, 2.45) is 5.73 Å². The normalized spacial score (nSPS) is 12.0. The quantitative estimate of drug-likeness (QED) is 0.565. The van der Waals surface area contributed by atoms with Crippen LogP contribution >= 0.6 is 0 Å². The number of hydrogen-bond donors (Lipinski definition) is 2. The van der Waals surface area contributed by atoms with Gasteiger partial charge in [0.2, 0.25) is 5.43 Å². The van der Waals surface area contributed by atoms with Crippen LogP contribution in [0, 0.1) is 0 Å². The van der Waals surface area contributed by atoms with Crippen LogP contribution in [0.5, 0.6) is 0 Å². The second kappa shape index (κ2) is 5.73. The van der Waals surface area contributed by atoms with Crippen LogP contribution in [0.3, 0.4) is 0 Å². The largest absolute Gasteiger partial charge is 0.418 e. The highest BCUT2D eigenvalue weighted by molar-refractivity contribution is 5.97. The number of para-hydroxylation sites is 1. The standard InChI is InChI=1S/C19H12F3N3O2/c20-19(21,22)14-8-24-15-7-10(5-6-11(14)15)25-9-13(18(23)27)17(26)12-3-1-2-4-16(12)25/h1-9,24H,(H2,23,27). The number of nitrogens with two attached hydrogens (primary N) is 1. The van der Waals surface area contributed by atoms with E-state index < -0.39 is 23.1 Å². The Hall–Kier alpha value is -3.55. The summed E-state index contributed by atoms with van der Waals surface area (Å²) in [7, 11) is 0. The van der Waals surface area contributed by atoms with E-state index in [0.717, 1.165) is 6.20 Å². The number of primary amides is 1. The molecule has 0 aliphatic carbocycles. The molecule has 4 aromatic rings. The fourth-order valence-electron chi connectivity index (χ4n) is 3.17. The molecule has 5 nitrogen and oxygen atoms in total. The number of benzene rings is 2. The van der Waals surface area contributed by atoms with Gasteiger partial charge in [0.05, 0.1) is 11.1 Å². The van der Waals surface area contributed by atoms with E-state index in [1.54, 1.807) is 28.8 Å². The van der Waals surface area contributed by atoms with Crippen LogP contribution in [0.25, 0.3) is 27.5 Å². The first-order valence-electron chi connectivity index (χ1n) is 7.90. The second-order valence-corrected chi connectivity index (χ2v) is 6.05. The van der Waals surface area contributed by atoms with Crippen LogP contribution in [0.15, 0.2) is 59.7 Å². The van der Waals surface area contributed by atoms with E-state index in [2.05, 4.69) is 4.98 Å². The van der Waals surface area contributed by atoms with Crippen LogP contribution < -0.4 is 11.2 Å². The molecule has 0 unspecified atom stereocenters. The smallest absolute Gasteiger partial charge is 0.365 e. The maximum Gasteiger partial charge on any atom is 0.418 e. The van der Waals surface area contributed by atoms with Crippen molar-refractivity contribution in [1.29, 1.82) is 0 Å². The van der Waals surface area contributed by atoms with E-state index in [9.17, 15) is 22.8 Å². The maximum absolute atomic E-state index is 13.1. The molecule has 2 aromatic carbocycles. The van der Waals surface area contributed by atoms with Gasteiger partial charge in [-0.05, 0) is 24.3 Å². The highest BCUT2D eigenvalue weighted by atomic mass is 19.4. The topological polar surface area (TPSA) is 80.9 Å². The Balaban J connectivity index is 2.01. The SMILES string of the molecule is NC(=O)c1cn(-c2ccc3c(C(F)(F)F)c[nH]c3c2)c2ccccc2c1=O. The molecule has 0 bridgehead atoms. The Morgan fingerprint density at radius 2 is 1.81 bits per heavy atom. The van der Waals surface area contributed by atoms with Gasteiger partial charge in [-0.2, -0.15) is 13.2 Å². The summed E-state index contributed by atoms with van der Waals surface area (Å²) in [6.07, 6.45) is -2.25. The zero-order chi connectivity index (χ0) is 19.3. The molecule has 0 saturated heterocycles. The lowest BCUT2D eigenvalue weighted by molar-refractivity contribution is -0.136. The van der Waals surface area contributed by atoms with E-state index >= 15 is 0 Å². The van der Waals surface area contributed by atoms with Crippen molar-refractivity contribution in [3.05, 3.63) is 76.2 Å². The fraction of sp³-hybridized carbons (Fsp3) is 0.0526. The summed E-state index contributed by atoms with van der Waals surface area (Å²) in [4.78, 5) is 26.7. The predicted octanol–water partition coefficient (Wildman–Crippen LogP) is 3.59. The molecule has 0 fully saturated rings. The van der Waals surface area contributed by atoms with Gasteiger partial charge in [0.25, 0.3) is 5.91 Å². The van der Waals surface area contributed by atoms with Gasteiger partial charge in [-0.1, -0.05) is 18.2 Å². The molecule has 8 heteroatoms. The summed E-state index contributed by atoms with van der Waals surface area (Å²) in [5.74, 6) is -0.875. The van der Waals surface area contributed by atoms with Gasteiger partial charge < -0.3 is 15.3 Å². The zero-order valence-corrected chi connectivity index (χ0v) is 13.7. The summed E-state index contributed by atoms with van der Waals surface area (Å²) >= 11 is 0. The van der Waals surface area contributed by atoms with Gasteiger partial charge in [-0.25, -0.2) is 0 Å². The van der Waals surface area contributed by atoms with Crippen molar-refractivity contribution in [1.82, 2.24) is 9.55 Å². The number of nitrogens with one attached hydrogen (secondary N) is 1. The van der Waals surface area contributed by atoms with E-state index in [4.69, 9.17) is 5.73 Å². The van der Waals surface area contributed by atoms with Crippen LogP contribution in [0.4, 0.5) is 13.2 Å². The number of amides is 1. The number of fused-ring (bicyclic) bond motifs is 2. The summed E-state index contributed by atoms with van der Waals surface area (Å²) in [6.45, 7) is 0. The molecule has 2 heterocycles. The Kier molecular flexibility index (Phi) is 3.59. The molecule has 2 aromatic heterocycles. The van der Waals surface area contributed by atoms with E-state index in [0.29, 0.717) is 11.2 Å². The lowest BCUT2D eigenvalue weighted by atomic mass is 10.1. The minimum atomic E-state index is -4.47. The minimum absolute atomic E-state index is 0.0340. The molecule has 1 amide bonds. The monoisotopic (exact) mass is 371 g/mol. The molecule has 0 saturated carbocycles. The summed E-state index contributed by atoms with van der Waals surface area (Å²) < 4.78 is 40.7. The van der Waals surface area contributed by atoms with Crippen molar-refractivity contribution < 1.29 is 18.0 Å². The number of carbonyl (C=O) groups is 1. The van der Waals surface area contributed by atoms with Crippen LogP contribution in [-0.4, -0.2) is 15.5 Å². The summed E-state index contributed by atoms with van der Waals surface area (Å²) in [5, 5.41) is 0.322. The number of pyridine rings is 1. The first-order chi connectivity index (χ1) is 12.8. The first kappa shape index (κ1) is 16.9. The van der Waals surface area contributed by atoms with Gasteiger partial charge in [0.1, 0.15) is 5.56 Å². The molecule has 0 spiro atoms. The van der Waals surface area contributed by atoms with E-state index in [1.165, 1.54) is 24.4 Å². The maximum atomic E-state index is 13.1. The van der Waals surface area contributed by atoms with E-state index in [1.807, 2.05) is 0 Å². The fourth-order valence-corrected chi connectivity index (χ4v) is 3.17. The number of H-pyrrole nitrogens is 1. The Morgan fingerprint density at radius 1 is 1.07 bits per heavy atom. The van der Waals surface area contributed by atoms with Crippen molar-refractivity contribution in [3.8, 4) is 5.69 Å². The molecule has 4 rings (SSSR count). The average Bonchev–Trinajstić information content (AvgIpc) is 3.05. The molecule has 0 aliphatic heterocycles. The number of rotatable bonds is 2. The summed E-state index contributed by atoms with van der Waals surface area (Å²) in [5.41, 5.74) is 5.14. The van der Waals surface area contributed by atoms with Crippen LogP contribution in [0.2, 0.25) is 0 Å². The highest BCUT2D eigenvalue weighted by Crippen LogP contribution is 2.35. The molecule has 27 heavy (non-hydrogen) atoms. The minimum Gasteiger partial charge on any atom is -0.365 e. The molecule has 0 atom stereocenters. The Bertz CT molecular complexity index is 1270. The second-order valence-electron chi connectivity index (χ2n) is 6.05. The predicted molar refractivity (Wildman–Crippen MR) is 94.9 cm³/mol. The molecule has 0 radical (unpaired) electrons. The first-order valence-corrected chi connectivity index (χ1v) is 7.90. The molecule has 3 N–H and O–H groups in total. The lowest BCUT2D eigenvalue weighted by Crippen LogP contribution is -2.23. The van der Waals surface area contributed by atoms with Gasteiger partial charge in [-0.3, -0.25) is 9.59 Å². The summed E-state index contributed by atoms with van der Waals surface area (Å²) in [6, 6.07) is 11.0. The Morgan fingerprint density at radius 3 is 2.52 bits per heavy atom. The number of aromatic nitrogens is 2. The third kappa shape index (κ3) is 2.66. The lowest BCUT2D eigenvalue weighted by Gasteiger charge is -2.13. The highest BCUT2D eigenvalue weighted by Gasteiger charge is 2.33. The molecular formula is C19H12F3N3O2. The number of aromatic amines is 1. The van der Waals surface area contributed by atoms with E-state index in [-0.39, 0.29) is 21.9 Å². The van der Waals surface area contributed by atoms with Gasteiger partial charge in [0.15, 0.2) is 0 Å². The Labute approximate surface area is 149 Å². The van der Waals surface area contributed by atoms with Crippen LogP contribution in [0.1, 0.15) is 15.9 Å².